The highest BCUT2D eigenvalue weighted by Gasteiger charge is 2.23. The maximum Gasteiger partial charge on any atom is 0.227 e. The van der Waals surface area contributed by atoms with Crippen molar-refractivity contribution in [1.82, 2.24) is 5.32 Å². The zero-order valence-corrected chi connectivity index (χ0v) is 16.4. The maximum absolute atomic E-state index is 13.7. The number of rotatable bonds is 6. The molecule has 2 aromatic rings. The van der Waals surface area contributed by atoms with Gasteiger partial charge in [-0.05, 0) is 37.6 Å². The van der Waals surface area contributed by atoms with Gasteiger partial charge in [-0.15, -0.1) is 11.8 Å². The van der Waals surface area contributed by atoms with Crippen LogP contribution in [-0.2, 0) is 16.0 Å². The minimum Gasteiger partial charge on any atom is -0.353 e. The summed E-state index contributed by atoms with van der Waals surface area (Å²) in [7, 11) is 0. The Hall–Kier alpha value is -2.41. The number of nitrogens with zero attached hydrogens (tertiary/aromatic N) is 1. The minimum absolute atomic E-state index is 0.0364. The fraction of sp³-hybridized carbons (Fsp3) is 0.333. The quantitative estimate of drug-likeness (QED) is 0.794. The average molecular weight is 404 g/mol. The van der Waals surface area contributed by atoms with Crippen molar-refractivity contribution in [3.05, 3.63) is 59.7 Å². The van der Waals surface area contributed by atoms with Crippen LogP contribution in [0.3, 0.4) is 0 Å². The summed E-state index contributed by atoms with van der Waals surface area (Å²) >= 11 is 1.71. The number of amides is 2. The van der Waals surface area contributed by atoms with Crippen LogP contribution in [0, 0.1) is 11.6 Å². The number of halogens is 2. The predicted molar refractivity (Wildman–Crippen MR) is 106 cm³/mol. The molecule has 0 aliphatic carbocycles. The smallest absolute Gasteiger partial charge is 0.227 e. The van der Waals surface area contributed by atoms with Gasteiger partial charge in [0, 0.05) is 41.6 Å². The number of carbonyl (C=O) groups is 2. The number of benzene rings is 2. The molecule has 0 aromatic heterocycles. The van der Waals surface area contributed by atoms with E-state index in [4.69, 9.17) is 0 Å². The molecule has 0 bridgehead atoms. The number of fused-ring (bicyclic) bond motifs is 1. The fourth-order valence-corrected chi connectivity index (χ4v) is 4.21. The second-order valence-electron chi connectivity index (χ2n) is 6.73. The third kappa shape index (κ3) is 4.90. The summed E-state index contributed by atoms with van der Waals surface area (Å²) in [5.74, 6) is -0.844. The molecule has 1 N–H and O–H groups in total. The lowest BCUT2D eigenvalue weighted by Crippen LogP contribution is -2.38. The number of thioether (sulfide) groups is 1. The van der Waals surface area contributed by atoms with Gasteiger partial charge in [-0.1, -0.05) is 18.2 Å². The van der Waals surface area contributed by atoms with Crippen molar-refractivity contribution < 1.29 is 18.4 Å². The number of carbonyl (C=O) groups excluding carboxylic acids is 2. The number of para-hydroxylation sites is 1. The predicted octanol–water partition coefficient (Wildman–Crippen LogP) is 3.93. The first kappa shape index (κ1) is 20.3. The lowest BCUT2D eigenvalue weighted by molar-refractivity contribution is -0.125. The van der Waals surface area contributed by atoms with Gasteiger partial charge in [-0.2, -0.15) is 0 Å². The molecule has 1 unspecified atom stereocenters. The molecule has 2 aromatic carbocycles. The lowest BCUT2D eigenvalue weighted by Gasteiger charge is -2.29. The Labute approximate surface area is 167 Å². The van der Waals surface area contributed by atoms with Crippen molar-refractivity contribution in [3.63, 3.8) is 0 Å². The van der Waals surface area contributed by atoms with Gasteiger partial charge >= 0.3 is 0 Å². The first-order valence-corrected chi connectivity index (χ1v) is 10.2. The molecule has 3 rings (SSSR count). The van der Waals surface area contributed by atoms with Crippen LogP contribution < -0.4 is 10.2 Å². The Kier molecular flexibility index (Phi) is 6.67. The van der Waals surface area contributed by atoms with Gasteiger partial charge in [0.15, 0.2) is 0 Å². The number of hydrogen-bond donors (Lipinski definition) is 1. The molecule has 7 heteroatoms. The van der Waals surface area contributed by atoms with Crippen LogP contribution in [0.15, 0.2) is 47.4 Å². The highest BCUT2D eigenvalue weighted by atomic mass is 32.2. The molecular weight excluding hydrogens is 382 g/mol. The summed E-state index contributed by atoms with van der Waals surface area (Å²) in [5.41, 5.74) is 0.835. The van der Waals surface area contributed by atoms with Crippen molar-refractivity contribution in [2.45, 2.75) is 37.1 Å². The molecule has 148 valence electrons. The maximum atomic E-state index is 13.7. The second-order valence-corrected chi connectivity index (χ2v) is 7.87. The fourth-order valence-electron chi connectivity index (χ4n) is 3.22. The van der Waals surface area contributed by atoms with Crippen LogP contribution in [0.4, 0.5) is 14.5 Å². The van der Waals surface area contributed by atoms with E-state index >= 15 is 0 Å². The Balaban J connectivity index is 1.51. The second kappa shape index (κ2) is 9.19. The van der Waals surface area contributed by atoms with E-state index in [1.54, 1.807) is 23.6 Å². The summed E-state index contributed by atoms with van der Waals surface area (Å²) in [5, 5.41) is 2.71. The first-order chi connectivity index (χ1) is 13.5. The van der Waals surface area contributed by atoms with Crippen LogP contribution >= 0.6 is 11.8 Å². The number of anilines is 1. The van der Waals surface area contributed by atoms with Crippen LogP contribution in [0.25, 0.3) is 0 Å². The highest BCUT2D eigenvalue weighted by Crippen LogP contribution is 2.34. The van der Waals surface area contributed by atoms with Crippen LogP contribution in [0.5, 0.6) is 0 Å². The number of hydrogen-bond acceptors (Lipinski definition) is 3. The molecule has 0 spiro atoms. The summed E-state index contributed by atoms with van der Waals surface area (Å²) < 4.78 is 27.4. The van der Waals surface area contributed by atoms with Crippen molar-refractivity contribution in [2.75, 3.05) is 17.2 Å². The van der Waals surface area contributed by atoms with Gasteiger partial charge in [0.2, 0.25) is 11.8 Å². The molecule has 2 amide bonds. The zero-order valence-electron chi connectivity index (χ0n) is 15.6. The molecule has 1 aliphatic heterocycles. The van der Waals surface area contributed by atoms with Gasteiger partial charge in [0.1, 0.15) is 11.6 Å². The summed E-state index contributed by atoms with van der Waals surface area (Å²) in [4.78, 5) is 27.5. The summed E-state index contributed by atoms with van der Waals surface area (Å²) in [6.07, 6.45) is 0.176. The van der Waals surface area contributed by atoms with E-state index in [-0.39, 0.29) is 36.6 Å². The highest BCUT2D eigenvalue weighted by molar-refractivity contribution is 7.99. The van der Waals surface area contributed by atoms with E-state index in [0.717, 1.165) is 16.3 Å². The van der Waals surface area contributed by atoms with E-state index in [1.165, 1.54) is 18.2 Å². The molecule has 0 radical (unpaired) electrons. The normalized spacial score (nSPS) is 14.3. The van der Waals surface area contributed by atoms with E-state index in [9.17, 15) is 18.4 Å². The largest absolute Gasteiger partial charge is 0.353 e. The molecular formula is C21H22F2N2O2S. The molecule has 1 atom stereocenters. The van der Waals surface area contributed by atoms with Crippen LogP contribution in [0.2, 0.25) is 0 Å². The minimum atomic E-state index is -0.627. The van der Waals surface area contributed by atoms with Crippen molar-refractivity contribution >= 4 is 29.3 Å². The zero-order chi connectivity index (χ0) is 20.1. The van der Waals surface area contributed by atoms with Crippen LogP contribution in [-0.4, -0.2) is 30.2 Å². The molecule has 1 heterocycles. The topological polar surface area (TPSA) is 49.4 Å². The third-order valence-corrected chi connectivity index (χ3v) is 5.62. The Morgan fingerprint density at radius 1 is 1.11 bits per heavy atom. The Morgan fingerprint density at radius 3 is 2.57 bits per heavy atom. The van der Waals surface area contributed by atoms with Crippen molar-refractivity contribution in [3.8, 4) is 0 Å². The van der Waals surface area contributed by atoms with E-state index < -0.39 is 17.7 Å². The van der Waals surface area contributed by atoms with Crippen LogP contribution in [0.1, 0.15) is 25.3 Å². The van der Waals surface area contributed by atoms with Gasteiger partial charge in [-0.25, -0.2) is 8.78 Å². The third-order valence-electron chi connectivity index (χ3n) is 4.57. The monoisotopic (exact) mass is 404 g/mol. The van der Waals surface area contributed by atoms with E-state index in [1.807, 2.05) is 24.3 Å². The molecule has 4 nitrogen and oxygen atoms in total. The molecule has 28 heavy (non-hydrogen) atoms. The van der Waals surface area contributed by atoms with Gasteiger partial charge in [-0.3, -0.25) is 9.59 Å². The van der Waals surface area contributed by atoms with Gasteiger partial charge < -0.3 is 10.2 Å². The molecule has 0 saturated carbocycles. The average Bonchev–Trinajstić information content (AvgIpc) is 2.68. The van der Waals surface area contributed by atoms with Gasteiger partial charge in [0.05, 0.1) is 5.69 Å². The van der Waals surface area contributed by atoms with Gasteiger partial charge in [0.25, 0.3) is 0 Å². The van der Waals surface area contributed by atoms with Crippen molar-refractivity contribution in [1.29, 1.82) is 0 Å². The first-order valence-electron chi connectivity index (χ1n) is 9.20. The Bertz CT molecular complexity index is 855. The SMILES string of the molecule is CC(Cc1c(F)cccc1F)NC(=O)CCC(=O)N1CCSc2ccccc21. The summed E-state index contributed by atoms with van der Waals surface area (Å²) in [6, 6.07) is 11.0. The number of nitrogens with one attached hydrogen (secondary N) is 1. The molecule has 0 saturated heterocycles. The Morgan fingerprint density at radius 2 is 1.82 bits per heavy atom. The van der Waals surface area contributed by atoms with E-state index in [2.05, 4.69) is 5.32 Å². The molecule has 0 fully saturated rings. The standard InChI is InChI=1S/C21H22F2N2O2S/c1-14(13-15-16(22)5-4-6-17(15)23)24-20(26)9-10-21(27)25-11-12-28-19-8-3-2-7-18(19)25/h2-8,14H,9-13H2,1H3,(H,24,26). The van der Waals surface area contributed by atoms with E-state index in [0.29, 0.717) is 6.54 Å². The lowest BCUT2D eigenvalue weighted by atomic mass is 10.1. The summed E-state index contributed by atoms with van der Waals surface area (Å²) in [6.45, 7) is 2.30. The van der Waals surface area contributed by atoms with Crippen molar-refractivity contribution in [2.24, 2.45) is 0 Å². The molecule has 1 aliphatic rings.